The number of hydrazone groups is 1. The summed E-state index contributed by atoms with van der Waals surface area (Å²) in [6.07, 6.45) is 3.37. The molecule has 12 nitrogen and oxygen atoms in total. The van der Waals surface area contributed by atoms with E-state index in [1.54, 1.807) is 6.21 Å². The number of nitro benzene ring substituents is 1. The molecule has 0 radical (unpaired) electrons. The van der Waals surface area contributed by atoms with Crippen LogP contribution in [0.25, 0.3) is 0 Å². The molecule has 2 heterocycles. The first-order valence-electron chi connectivity index (χ1n) is 14.0. The number of piperazine rings is 1. The number of carbonyl (C=O) groups is 1. The van der Waals surface area contributed by atoms with Gasteiger partial charge in [-0.2, -0.15) is 9.41 Å². The van der Waals surface area contributed by atoms with Crippen LogP contribution in [0.15, 0.2) is 52.5 Å². The van der Waals surface area contributed by atoms with Gasteiger partial charge in [-0.25, -0.2) is 8.42 Å². The van der Waals surface area contributed by atoms with Crippen LogP contribution in [0.4, 0.5) is 17.1 Å². The summed E-state index contributed by atoms with van der Waals surface area (Å²) in [5, 5.41) is 15.8. The van der Waals surface area contributed by atoms with Gasteiger partial charge in [-0.15, -0.1) is 0 Å². The van der Waals surface area contributed by atoms with Crippen molar-refractivity contribution in [3.8, 4) is 0 Å². The molecular weight excluding hydrogens is 546 g/mol. The quantitative estimate of drug-likeness (QED) is 0.256. The van der Waals surface area contributed by atoms with E-state index in [4.69, 9.17) is 0 Å². The number of nitrogens with one attached hydrogen (secondary N) is 1. The lowest BCUT2D eigenvalue weighted by Crippen LogP contribution is -2.47. The number of nitrogens with zero attached hydrogens (tertiary/aromatic N) is 6. The van der Waals surface area contributed by atoms with E-state index in [0.29, 0.717) is 45.8 Å². The summed E-state index contributed by atoms with van der Waals surface area (Å²) in [6.45, 7) is 8.54. The summed E-state index contributed by atoms with van der Waals surface area (Å²) in [5.41, 5.74) is 4.41. The van der Waals surface area contributed by atoms with E-state index in [1.807, 2.05) is 55.0 Å². The van der Waals surface area contributed by atoms with E-state index >= 15 is 0 Å². The van der Waals surface area contributed by atoms with Gasteiger partial charge in [0.25, 0.3) is 5.69 Å². The smallest absolute Gasteiger partial charge is 0.270 e. The van der Waals surface area contributed by atoms with Crippen molar-refractivity contribution in [3.05, 3.63) is 58.1 Å². The van der Waals surface area contributed by atoms with Crippen LogP contribution < -0.4 is 10.3 Å². The van der Waals surface area contributed by atoms with E-state index in [9.17, 15) is 23.3 Å². The minimum atomic E-state index is -4.00. The van der Waals surface area contributed by atoms with E-state index in [-0.39, 0.29) is 28.1 Å². The fraction of sp³-hybridized carbons (Fsp3) is 0.500. The fourth-order valence-electron chi connectivity index (χ4n) is 5.34. The van der Waals surface area contributed by atoms with Crippen molar-refractivity contribution in [2.24, 2.45) is 11.0 Å². The topological polar surface area (TPSA) is 132 Å². The lowest BCUT2D eigenvalue weighted by atomic mass is 9.95. The second kappa shape index (κ2) is 13.4. The number of hydrogen-bond acceptors (Lipinski definition) is 9. The van der Waals surface area contributed by atoms with Crippen LogP contribution in [0.1, 0.15) is 32.3 Å². The molecule has 13 heteroatoms. The molecule has 222 valence electrons. The van der Waals surface area contributed by atoms with Crippen molar-refractivity contribution in [2.75, 3.05) is 69.7 Å². The molecule has 0 saturated carbocycles. The Morgan fingerprint density at radius 1 is 1.12 bits per heavy atom. The molecule has 41 heavy (non-hydrogen) atoms. The number of carbonyl (C=O) groups excluding carboxylic acids is 1. The van der Waals surface area contributed by atoms with Gasteiger partial charge < -0.3 is 14.7 Å². The number of anilines is 2. The Morgan fingerprint density at radius 3 is 2.51 bits per heavy atom. The van der Waals surface area contributed by atoms with Gasteiger partial charge >= 0.3 is 0 Å². The van der Waals surface area contributed by atoms with E-state index in [1.165, 1.54) is 16.4 Å². The first-order chi connectivity index (χ1) is 19.6. The number of benzene rings is 2. The molecule has 4 rings (SSSR count). The summed E-state index contributed by atoms with van der Waals surface area (Å²) in [7, 11) is -2.08. The van der Waals surface area contributed by atoms with Crippen molar-refractivity contribution in [3.63, 3.8) is 0 Å². The molecule has 1 unspecified atom stereocenters. The van der Waals surface area contributed by atoms with Crippen molar-refractivity contribution >= 4 is 39.2 Å². The Bertz CT molecular complexity index is 1370. The van der Waals surface area contributed by atoms with Crippen molar-refractivity contribution in [1.82, 2.24) is 14.1 Å². The van der Waals surface area contributed by atoms with Gasteiger partial charge in [0.2, 0.25) is 15.9 Å². The molecule has 2 aliphatic heterocycles. The number of sulfonamides is 1. The standard InChI is InChI=1S/C28H39N7O5S/c1-4-32(5-2)28(36)23-10-8-14-33(21-23)26-11-7-6-9-22(26)20-29-30-25-13-12-24(35(37)38)19-27(25)41(39,40)34-17-15-31(3)16-18-34/h6-7,9,11-13,19-20,23,30H,4-5,8,10,14-18,21H2,1-3H3/b29-20-. The van der Waals surface area contributed by atoms with Crippen LogP contribution in [0, 0.1) is 16.0 Å². The Labute approximate surface area is 241 Å². The molecule has 0 bridgehead atoms. The van der Waals surface area contributed by atoms with Crippen molar-refractivity contribution < 1.29 is 18.1 Å². The van der Waals surface area contributed by atoms with Crippen LogP contribution in [0.5, 0.6) is 0 Å². The first kappa shape index (κ1) is 30.4. The molecule has 0 aliphatic carbocycles. The summed E-state index contributed by atoms with van der Waals surface area (Å²) < 4.78 is 28.4. The fourth-order valence-corrected chi connectivity index (χ4v) is 6.93. The highest BCUT2D eigenvalue weighted by Gasteiger charge is 2.32. The molecule has 0 aromatic heterocycles. The number of piperidine rings is 1. The Balaban J connectivity index is 1.56. The number of amides is 1. The van der Waals surface area contributed by atoms with Crippen molar-refractivity contribution in [2.45, 2.75) is 31.6 Å². The molecule has 2 aromatic carbocycles. The molecular formula is C28H39N7O5S. The molecule has 2 aliphatic rings. The highest BCUT2D eigenvalue weighted by molar-refractivity contribution is 7.89. The van der Waals surface area contributed by atoms with Crippen LogP contribution >= 0.6 is 0 Å². The number of rotatable bonds is 10. The minimum Gasteiger partial charge on any atom is -0.370 e. The molecule has 1 atom stereocenters. The van der Waals surface area contributed by atoms with Gasteiger partial charge in [-0.05, 0) is 45.9 Å². The maximum Gasteiger partial charge on any atom is 0.270 e. The van der Waals surface area contributed by atoms with Gasteiger partial charge in [0.15, 0.2) is 0 Å². The van der Waals surface area contributed by atoms with Crippen molar-refractivity contribution in [1.29, 1.82) is 0 Å². The van der Waals surface area contributed by atoms with E-state index in [0.717, 1.165) is 36.7 Å². The summed E-state index contributed by atoms with van der Waals surface area (Å²) in [4.78, 5) is 29.8. The van der Waals surface area contributed by atoms with Gasteiger partial charge in [0.1, 0.15) is 4.90 Å². The monoisotopic (exact) mass is 585 g/mol. The third kappa shape index (κ3) is 7.03. The second-order valence-electron chi connectivity index (χ2n) is 10.4. The normalized spacial score (nSPS) is 18.9. The third-order valence-corrected chi connectivity index (χ3v) is 9.71. The van der Waals surface area contributed by atoms with Crippen LogP contribution in [0.2, 0.25) is 0 Å². The number of likely N-dealkylation sites (N-methyl/N-ethyl adjacent to an activating group) is 1. The minimum absolute atomic E-state index is 0.0748. The number of nitro groups is 1. The molecule has 1 amide bonds. The van der Waals surface area contributed by atoms with Crippen LogP contribution in [0.3, 0.4) is 0 Å². The average Bonchev–Trinajstić information content (AvgIpc) is 2.98. The Kier molecular flexibility index (Phi) is 9.94. The predicted octanol–water partition coefficient (Wildman–Crippen LogP) is 3.06. The van der Waals surface area contributed by atoms with E-state index < -0.39 is 14.9 Å². The van der Waals surface area contributed by atoms with Crippen LogP contribution in [-0.4, -0.2) is 99.0 Å². The predicted molar refractivity (Wildman–Crippen MR) is 160 cm³/mol. The second-order valence-corrected chi connectivity index (χ2v) is 12.3. The number of hydrogen-bond donors (Lipinski definition) is 1. The summed E-state index contributed by atoms with van der Waals surface area (Å²) >= 11 is 0. The summed E-state index contributed by atoms with van der Waals surface area (Å²) in [5.74, 6) is 0.106. The van der Waals surface area contributed by atoms with Gasteiger partial charge in [-0.1, -0.05) is 18.2 Å². The van der Waals surface area contributed by atoms with Gasteiger partial charge in [0, 0.05) is 75.7 Å². The average molecular weight is 586 g/mol. The maximum absolute atomic E-state index is 13.5. The Morgan fingerprint density at radius 2 is 1.83 bits per heavy atom. The van der Waals surface area contributed by atoms with Crippen LogP contribution in [-0.2, 0) is 14.8 Å². The molecule has 1 N–H and O–H groups in total. The highest BCUT2D eigenvalue weighted by Crippen LogP contribution is 2.30. The molecule has 2 aromatic rings. The largest absolute Gasteiger partial charge is 0.370 e. The SMILES string of the molecule is CCN(CC)C(=O)C1CCCN(c2ccccc2/C=N\Nc2ccc([N+](=O)[O-])cc2S(=O)(=O)N2CCN(C)CC2)C1. The number of para-hydroxylation sites is 1. The zero-order valence-corrected chi connectivity index (χ0v) is 24.7. The first-order valence-corrected chi connectivity index (χ1v) is 15.5. The summed E-state index contributed by atoms with van der Waals surface area (Å²) in [6, 6.07) is 11.4. The third-order valence-electron chi connectivity index (χ3n) is 7.77. The lowest BCUT2D eigenvalue weighted by molar-refractivity contribution is -0.385. The van der Waals surface area contributed by atoms with Gasteiger partial charge in [0.05, 0.1) is 22.7 Å². The molecule has 0 spiro atoms. The zero-order valence-electron chi connectivity index (χ0n) is 23.9. The zero-order chi connectivity index (χ0) is 29.6. The molecule has 2 fully saturated rings. The lowest BCUT2D eigenvalue weighted by Gasteiger charge is -2.36. The maximum atomic E-state index is 13.5. The number of non-ortho nitro benzene ring substituents is 1. The molecule has 2 saturated heterocycles. The van der Waals surface area contributed by atoms with Gasteiger partial charge in [-0.3, -0.25) is 20.3 Å². The Hall–Kier alpha value is -3.55. The highest BCUT2D eigenvalue weighted by atomic mass is 32.2. The van der Waals surface area contributed by atoms with E-state index in [2.05, 4.69) is 15.4 Å².